The lowest BCUT2D eigenvalue weighted by molar-refractivity contribution is -0.126. The first-order chi connectivity index (χ1) is 18.6. The number of fused-ring (bicyclic) bond motifs is 1. The van der Waals surface area contributed by atoms with E-state index in [4.69, 9.17) is 20.9 Å². The van der Waals surface area contributed by atoms with Gasteiger partial charge in [-0.3, -0.25) is 0 Å². The summed E-state index contributed by atoms with van der Waals surface area (Å²) in [6.45, 7) is 0.702. The summed E-state index contributed by atoms with van der Waals surface area (Å²) in [6.07, 6.45) is 0.702. The molecule has 0 spiro atoms. The maximum Gasteiger partial charge on any atom is 0.393 e. The highest BCUT2D eigenvalue weighted by molar-refractivity contribution is 7.18. The number of anilines is 1. The number of halogens is 3. The summed E-state index contributed by atoms with van der Waals surface area (Å²) in [5.41, 5.74) is 14.4. The predicted octanol–water partition coefficient (Wildman–Crippen LogP) is 4.66. The molecule has 12 heteroatoms. The number of benzene rings is 1. The quantitative estimate of drug-likeness (QED) is 0.242. The standard InChI is InChI=1S/C27H33F3N6O2S/c1-36(25-21-11-20(13-27(28,29)30)39-26(21)35-15-34-25)19-9-8-18(10-19)33-14-16-4-6-17(7-5-16)22(31)12-23(37-2)24(32)38-3/h4-7,11-12,15,18-19,33H,8-10,13-14,31-32H2,1-3H3/b22-12-,24-23-/t18-,19+/m0/s1. The number of aromatic nitrogens is 2. The monoisotopic (exact) mass is 562 g/mol. The minimum Gasteiger partial charge on any atom is -0.491 e. The number of ether oxygens (including phenoxy) is 2. The third-order valence-corrected chi connectivity index (χ3v) is 7.92. The Bertz CT molecular complexity index is 1340. The van der Waals surface area contributed by atoms with Gasteiger partial charge in [-0.2, -0.15) is 13.2 Å². The van der Waals surface area contributed by atoms with Crippen LogP contribution >= 0.6 is 11.3 Å². The van der Waals surface area contributed by atoms with E-state index in [0.29, 0.717) is 40.1 Å². The van der Waals surface area contributed by atoms with Crippen molar-refractivity contribution in [1.82, 2.24) is 15.3 Å². The van der Waals surface area contributed by atoms with Gasteiger partial charge in [-0.25, -0.2) is 9.97 Å². The molecule has 0 radical (unpaired) electrons. The minimum absolute atomic E-state index is 0.146. The Balaban J connectivity index is 1.35. The van der Waals surface area contributed by atoms with Gasteiger partial charge >= 0.3 is 6.18 Å². The Hall–Kier alpha value is -3.51. The zero-order valence-corrected chi connectivity index (χ0v) is 22.9. The molecule has 1 fully saturated rings. The van der Waals surface area contributed by atoms with Crippen molar-refractivity contribution < 1.29 is 22.6 Å². The lowest BCUT2D eigenvalue weighted by atomic mass is 10.1. The molecule has 1 aromatic carbocycles. The normalized spacial score (nSPS) is 18.8. The molecular weight excluding hydrogens is 529 g/mol. The first kappa shape index (κ1) is 28.5. The number of thiophene rings is 1. The molecule has 1 aliphatic carbocycles. The average molecular weight is 563 g/mol. The summed E-state index contributed by atoms with van der Waals surface area (Å²) in [6, 6.07) is 10.0. The summed E-state index contributed by atoms with van der Waals surface area (Å²) in [4.78, 5) is 11.5. The maximum absolute atomic E-state index is 12.9. The smallest absolute Gasteiger partial charge is 0.393 e. The fraction of sp³-hybridized carbons (Fsp3) is 0.407. The largest absolute Gasteiger partial charge is 0.491 e. The van der Waals surface area contributed by atoms with Crippen molar-refractivity contribution in [2.24, 2.45) is 11.5 Å². The van der Waals surface area contributed by atoms with Gasteiger partial charge in [0.25, 0.3) is 0 Å². The van der Waals surface area contributed by atoms with E-state index in [1.54, 1.807) is 12.1 Å². The highest BCUT2D eigenvalue weighted by atomic mass is 32.1. The van der Waals surface area contributed by atoms with Gasteiger partial charge in [0.05, 0.1) is 26.0 Å². The van der Waals surface area contributed by atoms with Crippen molar-refractivity contribution in [2.45, 2.75) is 50.5 Å². The molecule has 0 saturated heterocycles. The zero-order chi connectivity index (χ0) is 28.2. The molecule has 210 valence electrons. The van der Waals surface area contributed by atoms with Crippen LogP contribution in [0.15, 0.2) is 54.4 Å². The van der Waals surface area contributed by atoms with Gasteiger partial charge in [-0.05, 0) is 36.5 Å². The molecule has 5 N–H and O–H groups in total. The second-order valence-electron chi connectivity index (χ2n) is 9.51. The Kier molecular flexibility index (Phi) is 8.86. The van der Waals surface area contributed by atoms with Crippen LogP contribution in [0.1, 0.15) is 35.3 Å². The van der Waals surface area contributed by atoms with Gasteiger partial charge in [-0.15, -0.1) is 11.3 Å². The van der Waals surface area contributed by atoms with Crippen molar-refractivity contribution in [3.8, 4) is 0 Å². The van der Waals surface area contributed by atoms with Gasteiger partial charge in [0.15, 0.2) is 5.76 Å². The van der Waals surface area contributed by atoms with Crippen LogP contribution in [0.25, 0.3) is 15.9 Å². The Labute approximate surface area is 229 Å². The molecule has 39 heavy (non-hydrogen) atoms. The lowest BCUT2D eigenvalue weighted by Gasteiger charge is -2.26. The van der Waals surface area contributed by atoms with E-state index < -0.39 is 12.6 Å². The number of hydrogen-bond donors (Lipinski definition) is 3. The topological polar surface area (TPSA) is 112 Å². The van der Waals surface area contributed by atoms with Crippen molar-refractivity contribution in [3.63, 3.8) is 0 Å². The van der Waals surface area contributed by atoms with Gasteiger partial charge in [0.2, 0.25) is 5.88 Å². The van der Waals surface area contributed by atoms with E-state index in [1.165, 1.54) is 20.5 Å². The van der Waals surface area contributed by atoms with Gasteiger partial charge < -0.3 is 31.2 Å². The summed E-state index contributed by atoms with van der Waals surface area (Å²) in [5.74, 6) is 1.17. The van der Waals surface area contributed by atoms with E-state index in [0.717, 1.165) is 41.7 Å². The first-order valence-corrected chi connectivity index (χ1v) is 13.3. The van der Waals surface area contributed by atoms with E-state index in [1.807, 2.05) is 31.3 Å². The molecule has 8 nitrogen and oxygen atoms in total. The van der Waals surface area contributed by atoms with Crippen LogP contribution < -0.4 is 21.7 Å². The fourth-order valence-corrected chi connectivity index (χ4v) is 5.78. The second kappa shape index (κ2) is 12.1. The van der Waals surface area contributed by atoms with E-state index >= 15 is 0 Å². The number of nitrogens with zero attached hydrogens (tertiary/aromatic N) is 3. The molecule has 2 aromatic heterocycles. The highest BCUT2D eigenvalue weighted by Crippen LogP contribution is 2.35. The maximum atomic E-state index is 12.9. The summed E-state index contributed by atoms with van der Waals surface area (Å²) < 4.78 is 48.9. The highest BCUT2D eigenvalue weighted by Gasteiger charge is 2.31. The van der Waals surface area contributed by atoms with Crippen LogP contribution in [0.2, 0.25) is 0 Å². The van der Waals surface area contributed by atoms with Crippen molar-refractivity contribution in [1.29, 1.82) is 0 Å². The third kappa shape index (κ3) is 7.12. The molecule has 0 unspecified atom stereocenters. The number of rotatable bonds is 10. The second-order valence-corrected chi connectivity index (χ2v) is 10.6. The Morgan fingerprint density at radius 3 is 2.56 bits per heavy atom. The number of alkyl halides is 3. The zero-order valence-electron chi connectivity index (χ0n) is 22.1. The van der Waals surface area contributed by atoms with Gasteiger partial charge in [0.1, 0.15) is 17.0 Å². The van der Waals surface area contributed by atoms with Crippen LogP contribution in [-0.2, 0) is 22.4 Å². The average Bonchev–Trinajstić information content (AvgIpc) is 3.55. The molecule has 2 heterocycles. The van der Waals surface area contributed by atoms with Crippen molar-refractivity contribution in [3.05, 3.63) is 70.4 Å². The van der Waals surface area contributed by atoms with Crippen molar-refractivity contribution in [2.75, 3.05) is 26.2 Å². The molecule has 1 saturated carbocycles. The molecular formula is C27H33F3N6O2S. The SMILES string of the molecule is CO/C(N)=C(/C=C(\N)c1ccc(CN[C@H]2CC[C@@H](N(C)c3ncnc4sc(CC(F)(F)F)cc34)C2)cc1)OC. The Morgan fingerprint density at radius 2 is 1.90 bits per heavy atom. The number of nitrogens with one attached hydrogen (secondary N) is 1. The molecule has 0 aliphatic heterocycles. The molecule has 1 aliphatic rings. The molecule has 2 atom stereocenters. The van der Waals surface area contributed by atoms with Crippen LogP contribution in [0.5, 0.6) is 0 Å². The van der Waals surface area contributed by atoms with Gasteiger partial charge in [0, 0.05) is 42.3 Å². The fourth-order valence-electron chi connectivity index (χ4n) is 4.76. The van der Waals surface area contributed by atoms with E-state index in [2.05, 4.69) is 20.2 Å². The summed E-state index contributed by atoms with van der Waals surface area (Å²) in [7, 11) is 4.91. The molecule has 0 amide bonds. The first-order valence-electron chi connectivity index (χ1n) is 12.5. The number of nitrogens with two attached hydrogens (primary N) is 2. The third-order valence-electron chi connectivity index (χ3n) is 6.87. The van der Waals surface area contributed by atoms with Crippen molar-refractivity contribution >= 4 is 33.1 Å². The summed E-state index contributed by atoms with van der Waals surface area (Å²) in [5, 5.41) is 4.30. The Morgan fingerprint density at radius 1 is 1.15 bits per heavy atom. The minimum atomic E-state index is -4.25. The van der Waals surface area contributed by atoms with Crippen LogP contribution in [-0.4, -0.2) is 49.5 Å². The lowest BCUT2D eigenvalue weighted by Crippen LogP contribution is -2.33. The molecule has 4 rings (SSSR count). The van der Waals surface area contributed by atoms with E-state index in [9.17, 15) is 13.2 Å². The summed E-state index contributed by atoms with van der Waals surface area (Å²) >= 11 is 1.07. The van der Waals surface area contributed by atoms with Crippen LogP contribution in [0.3, 0.4) is 0 Å². The predicted molar refractivity (Wildman–Crippen MR) is 148 cm³/mol. The molecule has 3 aromatic rings. The molecule has 0 bridgehead atoms. The van der Waals surface area contributed by atoms with Gasteiger partial charge in [-0.1, -0.05) is 24.3 Å². The van der Waals surface area contributed by atoms with Crippen LogP contribution in [0, 0.1) is 0 Å². The number of methoxy groups -OCH3 is 2. The van der Waals surface area contributed by atoms with Crippen LogP contribution in [0.4, 0.5) is 19.0 Å². The number of allylic oxidation sites excluding steroid dienone is 1. The van der Waals surface area contributed by atoms with E-state index in [-0.39, 0.29) is 16.8 Å². The number of hydrogen-bond acceptors (Lipinski definition) is 9.